The van der Waals surface area contributed by atoms with Crippen LogP contribution in [-0.2, 0) is 6.54 Å². The zero-order chi connectivity index (χ0) is 11.8. The van der Waals surface area contributed by atoms with Crippen molar-refractivity contribution in [1.82, 2.24) is 5.32 Å². The van der Waals surface area contributed by atoms with Crippen molar-refractivity contribution in [2.75, 3.05) is 0 Å². The van der Waals surface area contributed by atoms with Gasteiger partial charge < -0.3 is 5.32 Å². The molecule has 1 nitrogen and oxygen atoms in total. The summed E-state index contributed by atoms with van der Waals surface area (Å²) in [5.74, 6) is 2.02. The summed E-state index contributed by atoms with van der Waals surface area (Å²) in [6.07, 6.45) is 5.88. The third-order valence-corrected chi connectivity index (χ3v) is 4.88. The van der Waals surface area contributed by atoms with Crippen LogP contribution in [0.3, 0.4) is 0 Å². The largest absolute Gasteiger partial charge is 0.310 e. The predicted octanol–water partition coefficient (Wildman–Crippen LogP) is 3.58. The Hall–Kier alpha value is -0.820. The fourth-order valence-corrected chi connectivity index (χ4v) is 3.66. The van der Waals surface area contributed by atoms with Gasteiger partial charge >= 0.3 is 0 Å². The molecule has 2 saturated carbocycles. The number of hydrogen-bond donors (Lipinski definition) is 1. The van der Waals surface area contributed by atoms with Gasteiger partial charge in [-0.1, -0.05) is 24.6 Å². The van der Waals surface area contributed by atoms with Crippen LogP contribution in [0.5, 0.6) is 0 Å². The molecule has 1 N–H and O–H groups in total. The third-order valence-electron chi connectivity index (χ3n) is 4.88. The highest BCUT2D eigenvalue weighted by Gasteiger charge is 2.38. The average Bonchev–Trinajstić information content (AvgIpc) is 2.92. The van der Waals surface area contributed by atoms with Crippen molar-refractivity contribution in [3.05, 3.63) is 34.9 Å². The number of aryl methyl sites for hydroxylation is 2. The minimum atomic E-state index is 0.801. The maximum atomic E-state index is 3.78. The van der Waals surface area contributed by atoms with Gasteiger partial charge in [-0.05, 0) is 61.6 Å². The van der Waals surface area contributed by atoms with Gasteiger partial charge in [-0.3, -0.25) is 0 Å². The van der Waals surface area contributed by atoms with E-state index < -0.39 is 0 Å². The third kappa shape index (κ3) is 2.26. The highest BCUT2D eigenvalue weighted by molar-refractivity contribution is 5.29. The maximum Gasteiger partial charge on any atom is 0.0208 e. The molecular weight excluding hydrogens is 206 g/mol. The van der Waals surface area contributed by atoms with Gasteiger partial charge in [0.25, 0.3) is 0 Å². The molecule has 2 aliphatic rings. The molecule has 0 amide bonds. The molecule has 0 spiro atoms. The zero-order valence-electron chi connectivity index (χ0n) is 11.0. The average molecular weight is 229 g/mol. The number of hydrogen-bond acceptors (Lipinski definition) is 1. The fraction of sp³-hybridized carbons (Fsp3) is 0.625. The molecule has 3 rings (SSSR count). The molecule has 0 aromatic heterocycles. The van der Waals surface area contributed by atoms with Crippen molar-refractivity contribution in [3.8, 4) is 0 Å². The monoisotopic (exact) mass is 229 g/mol. The first-order chi connectivity index (χ1) is 8.22. The molecule has 1 aromatic rings. The van der Waals surface area contributed by atoms with E-state index in [1.54, 1.807) is 0 Å². The van der Waals surface area contributed by atoms with E-state index in [0.29, 0.717) is 0 Å². The first kappa shape index (κ1) is 11.3. The summed E-state index contributed by atoms with van der Waals surface area (Å²) in [7, 11) is 0. The molecule has 3 atom stereocenters. The van der Waals surface area contributed by atoms with Crippen molar-refractivity contribution in [2.24, 2.45) is 11.8 Å². The highest BCUT2D eigenvalue weighted by atomic mass is 14.9. The lowest BCUT2D eigenvalue weighted by atomic mass is 9.95. The molecule has 0 saturated heterocycles. The van der Waals surface area contributed by atoms with E-state index in [9.17, 15) is 0 Å². The Morgan fingerprint density at radius 1 is 1.12 bits per heavy atom. The van der Waals surface area contributed by atoms with Crippen molar-refractivity contribution in [1.29, 1.82) is 0 Å². The summed E-state index contributed by atoms with van der Waals surface area (Å²) >= 11 is 0. The van der Waals surface area contributed by atoms with Crippen molar-refractivity contribution >= 4 is 0 Å². The molecule has 0 heterocycles. The molecule has 3 unspecified atom stereocenters. The number of rotatable bonds is 3. The Bertz CT molecular complexity index is 410. The maximum absolute atomic E-state index is 3.78. The standard InChI is InChI=1S/C16H23N/c1-11-3-4-14(7-12(11)2)10-17-16-9-13-5-6-15(16)8-13/h3-4,7,13,15-17H,5-6,8-10H2,1-2H3. The van der Waals surface area contributed by atoms with Crippen LogP contribution in [0.25, 0.3) is 0 Å². The molecule has 92 valence electrons. The molecule has 0 aliphatic heterocycles. The van der Waals surface area contributed by atoms with Crippen LogP contribution < -0.4 is 5.32 Å². The van der Waals surface area contributed by atoms with Gasteiger partial charge in [0, 0.05) is 12.6 Å². The molecule has 0 radical (unpaired) electrons. The molecule has 2 bridgehead atoms. The minimum absolute atomic E-state index is 0.801. The van der Waals surface area contributed by atoms with Crippen LogP contribution in [-0.4, -0.2) is 6.04 Å². The summed E-state index contributed by atoms with van der Waals surface area (Å²) in [4.78, 5) is 0. The Kier molecular flexibility index (Phi) is 2.96. The second-order valence-electron chi connectivity index (χ2n) is 6.08. The Morgan fingerprint density at radius 3 is 2.65 bits per heavy atom. The highest BCUT2D eigenvalue weighted by Crippen LogP contribution is 2.44. The predicted molar refractivity (Wildman–Crippen MR) is 72.0 cm³/mol. The van der Waals surface area contributed by atoms with E-state index in [2.05, 4.69) is 37.4 Å². The van der Waals surface area contributed by atoms with Crippen LogP contribution in [0, 0.1) is 25.7 Å². The number of nitrogens with one attached hydrogen (secondary N) is 1. The summed E-state index contributed by atoms with van der Waals surface area (Å²) in [6.45, 7) is 5.44. The molecule has 1 aromatic carbocycles. The van der Waals surface area contributed by atoms with Crippen molar-refractivity contribution in [2.45, 2.75) is 52.1 Å². The fourth-order valence-electron chi connectivity index (χ4n) is 3.66. The van der Waals surface area contributed by atoms with Gasteiger partial charge in [0.2, 0.25) is 0 Å². The van der Waals surface area contributed by atoms with E-state index in [-0.39, 0.29) is 0 Å². The molecule has 17 heavy (non-hydrogen) atoms. The molecule has 1 heteroatoms. The van der Waals surface area contributed by atoms with Crippen LogP contribution in [0.4, 0.5) is 0 Å². The van der Waals surface area contributed by atoms with Crippen LogP contribution in [0.1, 0.15) is 42.4 Å². The summed E-state index contributed by atoms with van der Waals surface area (Å²) in [5.41, 5.74) is 4.25. The SMILES string of the molecule is Cc1ccc(CNC2CC3CCC2C3)cc1C. The van der Waals surface area contributed by atoms with Gasteiger partial charge in [-0.2, -0.15) is 0 Å². The Balaban J connectivity index is 1.59. The number of benzene rings is 1. The van der Waals surface area contributed by atoms with E-state index in [1.165, 1.54) is 42.4 Å². The second kappa shape index (κ2) is 4.45. The molecule has 2 fully saturated rings. The first-order valence-corrected chi connectivity index (χ1v) is 7.02. The van der Waals surface area contributed by atoms with Gasteiger partial charge in [-0.15, -0.1) is 0 Å². The number of fused-ring (bicyclic) bond motifs is 2. The normalized spacial score (nSPS) is 31.1. The second-order valence-corrected chi connectivity index (χ2v) is 6.08. The van der Waals surface area contributed by atoms with E-state index in [0.717, 1.165) is 24.4 Å². The minimum Gasteiger partial charge on any atom is -0.310 e. The summed E-state index contributed by atoms with van der Waals surface area (Å²) < 4.78 is 0. The Morgan fingerprint density at radius 2 is 2.00 bits per heavy atom. The zero-order valence-corrected chi connectivity index (χ0v) is 11.0. The lowest BCUT2D eigenvalue weighted by Crippen LogP contribution is -2.33. The van der Waals surface area contributed by atoms with Crippen molar-refractivity contribution in [3.63, 3.8) is 0 Å². The smallest absolute Gasteiger partial charge is 0.0208 e. The topological polar surface area (TPSA) is 12.0 Å². The first-order valence-electron chi connectivity index (χ1n) is 7.02. The Labute approximate surface area is 105 Å². The van der Waals surface area contributed by atoms with Gasteiger partial charge in [0.05, 0.1) is 0 Å². The van der Waals surface area contributed by atoms with Crippen molar-refractivity contribution < 1.29 is 0 Å². The molecular formula is C16H23N. The van der Waals surface area contributed by atoms with Crippen LogP contribution >= 0.6 is 0 Å². The van der Waals surface area contributed by atoms with E-state index in [1.807, 2.05) is 0 Å². The lowest BCUT2D eigenvalue weighted by molar-refractivity contribution is 0.350. The summed E-state index contributed by atoms with van der Waals surface area (Å²) in [5, 5.41) is 3.78. The summed E-state index contributed by atoms with van der Waals surface area (Å²) in [6, 6.07) is 7.64. The van der Waals surface area contributed by atoms with Crippen LogP contribution in [0.15, 0.2) is 18.2 Å². The lowest BCUT2D eigenvalue weighted by Gasteiger charge is -2.23. The van der Waals surface area contributed by atoms with E-state index in [4.69, 9.17) is 0 Å². The van der Waals surface area contributed by atoms with Gasteiger partial charge in [0.15, 0.2) is 0 Å². The van der Waals surface area contributed by atoms with Gasteiger partial charge in [0.1, 0.15) is 0 Å². The van der Waals surface area contributed by atoms with E-state index >= 15 is 0 Å². The van der Waals surface area contributed by atoms with Gasteiger partial charge in [-0.25, -0.2) is 0 Å². The van der Waals surface area contributed by atoms with Crippen LogP contribution in [0.2, 0.25) is 0 Å². The molecule has 2 aliphatic carbocycles. The quantitative estimate of drug-likeness (QED) is 0.835.